The Labute approximate surface area is 165 Å². The first-order chi connectivity index (χ1) is 11.1. The molecule has 5 nitrogen and oxygen atoms in total. The number of guanidine groups is 1. The van der Waals surface area contributed by atoms with Gasteiger partial charge in [0.1, 0.15) is 0 Å². The Morgan fingerprint density at radius 1 is 1.25 bits per heavy atom. The predicted octanol–water partition coefficient (Wildman–Crippen LogP) is 2.85. The largest absolute Gasteiger partial charge is 0.373 e. The molecule has 24 heavy (non-hydrogen) atoms. The van der Waals surface area contributed by atoms with E-state index in [1.54, 1.807) is 0 Å². The molecule has 0 aromatic rings. The highest BCUT2D eigenvalue weighted by atomic mass is 127. The smallest absolute Gasteiger partial charge is 0.191 e. The van der Waals surface area contributed by atoms with Crippen molar-refractivity contribution in [3.63, 3.8) is 0 Å². The molecule has 0 bridgehead atoms. The van der Waals surface area contributed by atoms with Gasteiger partial charge in [-0.2, -0.15) is 0 Å². The third-order valence-corrected chi connectivity index (χ3v) is 5.22. The highest BCUT2D eigenvalue weighted by Gasteiger charge is 2.29. The van der Waals surface area contributed by atoms with Gasteiger partial charge in [0.05, 0.1) is 5.60 Å². The number of halogens is 1. The zero-order valence-electron chi connectivity index (χ0n) is 15.8. The van der Waals surface area contributed by atoms with Crippen molar-refractivity contribution in [1.82, 2.24) is 15.5 Å². The summed E-state index contributed by atoms with van der Waals surface area (Å²) >= 11 is 0. The molecule has 0 radical (unpaired) electrons. The lowest BCUT2D eigenvalue weighted by Crippen LogP contribution is -2.45. The van der Waals surface area contributed by atoms with Crippen LogP contribution in [0.1, 0.15) is 52.4 Å². The van der Waals surface area contributed by atoms with Gasteiger partial charge in [-0.05, 0) is 71.0 Å². The molecule has 2 aliphatic rings. The fourth-order valence-corrected chi connectivity index (χ4v) is 3.42. The zero-order chi connectivity index (χ0) is 16.5. The number of hydrogen-bond donors (Lipinski definition) is 2. The highest BCUT2D eigenvalue weighted by molar-refractivity contribution is 14.0. The van der Waals surface area contributed by atoms with E-state index in [2.05, 4.69) is 34.4 Å². The van der Waals surface area contributed by atoms with Crippen LogP contribution in [0.3, 0.4) is 0 Å². The number of nitrogens with one attached hydrogen (secondary N) is 2. The van der Waals surface area contributed by atoms with Gasteiger partial charge in [0.15, 0.2) is 5.96 Å². The minimum atomic E-state index is -0.0248. The number of likely N-dealkylation sites (tertiary alicyclic amines) is 1. The molecule has 2 fully saturated rings. The molecule has 2 heterocycles. The first-order valence-corrected chi connectivity index (χ1v) is 9.42. The molecular formula is C18H37IN4O. The van der Waals surface area contributed by atoms with Crippen LogP contribution in [-0.2, 0) is 4.74 Å². The molecule has 0 aromatic carbocycles. The first kappa shape index (κ1) is 22.0. The van der Waals surface area contributed by atoms with Gasteiger partial charge in [0, 0.05) is 26.7 Å². The summed E-state index contributed by atoms with van der Waals surface area (Å²) < 4.78 is 5.80. The molecule has 6 heteroatoms. The number of ether oxygens (including phenoxy) is 1. The van der Waals surface area contributed by atoms with Crippen LogP contribution in [0.25, 0.3) is 0 Å². The summed E-state index contributed by atoms with van der Waals surface area (Å²) in [6, 6.07) is 0. The van der Waals surface area contributed by atoms with Gasteiger partial charge in [0.25, 0.3) is 0 Å². The van der Waals surface area contributed by atoms with Gasteiger partial charge in [-0.3, -0.25) is 4.99 Å². The summed E-state index contributed by atoms with van der Waals surface area (Å²) in [7, 11) is 1.84. The lowest BCUT2D eigenvalue weighted by molar-refractivity contribution is 0.0243. The second-order valence-electron chi connectivity index (χ2n) is 7.49. The molecule has 1 unspecified atom stereocenters. The Morgan fingerprint density at radius 3 is 2.62 bits per heavy atom. The Morgan fingerprint density at radius 2 is 2.00 bits per heavy atom. The molecule has 0 amide bonds. The highest BCUT2D eigenvalue weighted by Crippen LogP contribution is 2.23. The number of aliphatic imine (C=N–C) groups is 1. The molecule has 2 saturated heterocycles. The van der Waals surface area contributed by atoms with Crippen LogP contribution < -0.4 is 10.6 Å². The van der Waals surface area contributed by atoms with Crippen molar-refractivity contribution in [2.24, 2.45) is 10.9 Å². The van der Waals surface area contributed by atoms with Crippen LogP contribution in [0.5, 0.6) is 0 Å². The number of hydrogen-bond acceptors (Lipinski definition) is 3. The number of nitrogens with zero attached hydrogens (tertiary/aromatic N) is 2. The molecule has 0 aliphatic carbocycles. The summed E-state index contributed by atoms with van der Waals surface area (Å²) in [4.78, 5) is 6.92. The molecule has 0 aromatic heterocycles. The van der Waals surface area contributed by atoms with Crippen LogP contribution in [0, 0.1) is 5.92 Å². The van der Waals surface area contributed by atoms with E-state index in [1.165, 1.54) is 51.7 Å². The standard InChI is InChI=1S/C18H36N4O.HI/c1-16-7-12-22(13-8-16)11-5-4-10-20-17(19-3)21-15-18(2)9-6-14-23-18;/h16H,4-15H2,1-3H3,(H2,19,20,21);1H. The molecule has 1 atom stereocenters. The topological polar surface area (TPSA) is 48.9 Å². The van der Waals surface area contributed by atoms with Gasteiger partial charge < -0.3 is 20.3 Å². The predicted molar refractivity (Wildman–Crippen MR) is 112 cm³/mol. The maximum atomic E-state index is 5.80. The normalized spacial score (nSPS) is 26.2. The minimum absolute atomic E-state index is 0. The maximum absolute atomic E-state index is 5.80. The van der Waals surface area contributed by atoms with E-state index in [1.807, 2.05) is 7.05 Å². The molecule has 0 saturated carbocycles. The van der Waals surface area contributed by atoms with E-state index in [4.69, 9.17) is 4.74 Å². The van der Waals surface area contributed by atoms with Crippen molar-refractivity contribution in [1.29, 1.82) is 0 Å². The van der Waals surface area contributed by atoms with Crippen molar-refractivity contribution < 1.29 is 4.74 Å². The molecular weight excluding hydrogens is 415 g/mol. The Hall–Kier alpha value is -0.0800. The number of unbranched alkanes of at least 4 members (excludes halogenated alkanes) is 1. The maximum Gasteiger partial charge on any atom is 0.191 e. The van der Waals surface area contributed by atoms with Crippen LogP contribution in [0.2, 0.25) is 0 Å². The number of piperidine rings is 1. The third-order valence-electron chi connectivity index (χ3n) is 5.22. The van der Waals surface area contributed by atoms with E-state index in [0.29, 0.717) is 0 Å². The van der Waals surface area contributed by atoms with E-state index < -0.39 is 0 Å². The van der Waals surface area contributed by atoms with Gasteiger partial charge in [-0.25, -0.2) is 0 Å². The van der Waals surface area contributed by atoms with Crippen molar-refractivity contribution in [3.8, 4) is 0 Å². The van der Waals surface area contributed by atoms with Crippen LogP contribution >= 0.6 is 24.0 Å². The second kappa shape index (κ2) is 11.5. The lowest BCUT2D eigenvalue weighted by atomic mass is 9.99. The first-order valence-electron chi connectivity index (χ1n) is 9.42. The minimum Gasteiger partial charge on any atom is -0.373 e. The Kier molecular flexibility index (Phi) is 10.5. The second-order valence-corrected chi connectivity index (χ2v) is 7.49. The molecule has 0 spiro atoms. The molecule has 2 N–H and O–H groups in total. The average Bonchev–Trinajstić information content (AvgIpc) is 2.99. The van der Waals surface area contributed by atoms with Gasteiger partial charge in [0.2, 0.25) is 0 Å². The fourth-order valence-electron chi connectivity index (χ4n) is 3.42. The number of rotatable bonds is 7. The lowest BCUT2D eigenvalue weighted by Gasteiger charge is -2.30. The van der Waals surface area contributed by atoms with Gasteiger partial charge >= 0.3 is 0 Å². The van der Waals surface area contributed by atoms with E-state index in [0.717, 1.165) is 38.0 Å². The van der Waals surface area contributed by atoms with Crippen LogP contribution in [0.15, 0.2) is 4.99 Å². The quantitative estimate of drug-likeness (QED) is 0.270. The average molecular weight is 452 g/mol. The monoisotopic (exact) mass is 452 g/mol. The SMILES string of the molecule is CN=C(NCCCCN1CCC(C)CC1)NCC1(C)CCCO1.I. The fraction of sp³-hybridized carbons (Fsp3) is 0.944. The summed E-state index contributed by atoms with van der Waals surface area (Å²) in [5.74, 6) is 1.82. The Bertz CT molecular complexity index is 364. The van der Waals surface area contributed by atoms with Crippen LogP contribution in [-0.4, -0.2) is 62.8 Å². The van der Waals surface area contributed by atoms with Gasteiger partial charge in [-0.1, -0.05) is 6.92 Å². The molecule has 2 aliphatic heterocycles. The van der Waals surface area contributed by atoms with Crippen LogP contribution in [0.4, 0.5) is 0 Å². The van der Waals surface area contributed by atoms with E-state index >= 15 is 0 Å². The third kappa shape index (κ3) is 7.87. The van der Waals surface area contributed by atoms with E-state index in [-0.39, 0.29) is 29.6 Å². The van der Waals surface area contributed by atoms with E-state index in [9.17, 15) is 0 Å². The Balaban J connectivity index is 0.00000288. The summed E-state index contributed by atoms with van der Waals surface area (Å²) in [6.45, 7) is 11.1. The van der Waals surface area contributed by atoms with Crippen molar-refractivity contribution in [2.45, 2.75) is 58.0 Å². The zero-order valence-corrected chi connectivity index (χ0v) is 18.1. The van der Waals surface area contributed by atoms with Crippen molar-refractivity contribution in [2.75, 3.05) is 46.4 Å². The molecule has 142 valence electrons. The molecule has 2 rings (SSSR count). The van der Waals surface area contributed by atoms with Crippen molar-refractivity contribution in [3.05, 3.63) is 0 Å². The van der Waals surface area contributed by atoms with Crippen molar-refractivity contribution >= 4 is 29.9 Å². The summed E-state index contributed by atoms with van der Waals surface area (Å²) in [5.41, 5.74) is -0.0248. The summed E-state index contributed by atoms with van der Waals surface area (Å²) in [6.07, 6.45) is 7.50. The van der Waals surface area contributed by atoms with Gasteiger partial charge in [-0.15, -0.1) is 24.0 Å². The summed E-state index contributed by atoms with van der Waals surface area (Å²) in [5, 5.41) is 6.82.